The molecule has 1 aliphatic rings. The van der Waals surface area contributed by atoms with Crippen molar-refractivity contribution in [3.63, 3.8) is 0 Å². The molecule has 1 saturated heterocycles. The van der Waals surface area contributed by atoms with Crippen LogP contribution in [0.1, 0.15) is 15.9 Å². The molecule has 172 valence electrons. The quantitative estimate of drug-likeness (QED) is 0.348. The van der Waals surface area contributed by atoms with Crippen LogP contribution in [0.5, 0.6) is 0 Å². The maximum Gasteiger partial charge on any atom is 0.262 e. The van der Waals surface area contributed by atoms with Crippen LogP contribution in [0.2, 0.25) is 0 Å². The van der Waals surface area contributed by atoms with Crippen molar-refractivity contribution in [1.29, 1.82) is 0 Å². The van der Waals surface area contributed by atoms with Crippen molar-refractivity contribution in [2.24, 2.45) is 0 Å². The fraction of sp³-hybridized carbons (Fsp3) is 0.222. The number of aromatic amines is 1. The van der Waals surface area contributed by atoms with Crippen molar-refractivity contribution in [2.45, 2.75) is 13.1 Å². The van der Waals surface area contributed by atoms with Gasteiger partial charge in [0.05, 0.1) is 10.9 Å². The molecule has 1 N–H and O–H groups in total. The third-order valence-electron chi connectivity index (χ3n) is 6.47. The maximum absolute atomic E-state index is 13.2. The number of carbonyl (C=O) groups is 1. The van der Waals surface area contributed by atoms with Crippen molar-refractivity contribution >= 4 is 39.8 Å². The fourth-order valence-electron chi connectivity index (χ4n) is 4.65. The van der Waals surface area contributed by atoms with Gasteiger partial charge in [0, 0.05) is 44.8 Å². The van der Waals surface area contributed by atoms with Gasteiger partial charge in [-0.05, 0) is 46.8 Å². The first kappa shape index (κ1) is 22.3. The van der Waals surface area contributed by atoms with E-state index in [1.165, 1.54) is 20.9 Å². The summed E-state index contributed by atoms with van der Waals surface area (Å²) < 4.78 is 1.78. The first-order valence-electron chi connectivity index (χ1n) is 11.4. The van der Waals surface area contributed by atoms with Gasteiger partial charge in [-0.2, -0.15) is 0 Å². The smallest absolute Gasteiger partial charge is 0.262 e. The molecule has 3 aromatic carbocycles. The van der Waals surface area contributed by atoms with E-state index in [1.54, 1.807) is 24.3 Å². The predicted molar refractivity (Wildman–Crippen MR) is 139 cm³/mol. The Labute approximate surface area is 202 Å². The summed E-state index contributed by atoms with van der Waals surface area (Å²) in [4.78, 5) is 33.3. The average molecular weight is 471 g/mol. The zero-order valence-corrected chi connectivity index (χ0v) is 19.7. The summed E-state index contributed by atoms with van der Waals surface area (Å²) in [5, 5.41) is 3.04. The highest BCUT2D eigenvalue weighted by Gasteiger charge is 2.23. The van der Waals surface area contributed by atoms with Crippen LogP contribution in [0, 0.1) is 4.77 Å². The summed E-state index contributed by atoms with van der Waals surface area (Å²) in [7, 11) is 0. The number of amides is 1. The van der Waals surface area contributed by atoms with Gasteiger partial charge in [0.25, 0.3) is 11.5 Å². The van der Waals surface area contributed by atoms with Crippen LogP contribution in [-0.2, 0) is 13.1 Å². The second-order valence-corrected chi connectivity index (χ2v) is 8.99. The number of allylic oxidation sites excluding steroid dienone is 1. The maximum atomic E-state index is 13.2. The Morgan fingerprint density at radius 3 is 2.56 bits per heavy atom. The molecule has 4 aromatic rings. The van der Waals surface area contributed by atoms with Crippen LogP contribution in [0.25, 0.3) is 21.7 Å². The summed E-state index contributed by atoms with van der Waals surface area (Å²) in [5.74, 6) is -0.0266. The van der Waals surface area contributed by atoms with E-state index < -0.39 is 0 Å². The Kier molecular flexibility index (Phi) is 6.13. The lowest BCUT2D eigenvalue weighted by molar-refractivity contribution is 0.0629. The molecule has 2 heterocycles. The van der Waals surface area contributed by atoms with Gasteiger partial charge >= 0.3 is 0 Å². The number of aromatic nitrogens is 2. The number of nitrogens with one attached hydrogen (secondary N) is 1. The van der Waals surface area contributed by atoms with Crippen LogP contribution in [-0.4, -0.2) is 51.4 Å². The summed E-state index contributed by atoms with van der Waals surface area (Å²) in [5.41, 5.74) is 2.27. The number of piperazine rings is 1. The Balaban J connectivity index is 1.30. The van der Waals surface area contributed by atoms with E-state index in [0.717, 1.165) is 19.6 Å². The molecule has 1 fully saturated rings. The molecule has 5 rings (SSSR count). The van der Waals surface area contributed by atoms with Gasteiger partial charge in [-0.15, -0.1) is 6.58 Å². The standard InChI is InChI=1S/C27H26N4O2S/c1-2-12-31-26(33)23-11-10-20(17-24(23)28-27(31)34)25(32)30-15-13-29(14-16-30)18-21-8-5-7-19-6-3-4-9-22(19)21/h2-11,17H,1,12-16,18H2,(H,28,34). The SMILES string of the molecule is C=CCn1c(=S)[nH]c2cc(C(=O)N3CCN(Cc4cccc5ccccc45)CC3)ccc2c1=O. The van der Waals surface area contributed by atoms with Gasteiger partial charge in [0.15, 0.2) is 4.77 Å². The van der Waals surface area contributed by atoms with Crippen molar-refractivity contribution in [3.05, 3.63) is 99.6 Å². The predicted octanol–water partition coefficient (Wildman–Crippen LogP) is 4.36. The minimum Gasteiger partial charge on any atom is -0.336 e. The number of benzene rings is 3. The fourth-order valence-corrected chi connectivity index (χ4v) is 4.91. The molecule has 7 heteroatoms. The molecule has 0 bridgehead atoms. The van der Waals surface area contributed by atoms with E-state index in [-0.39, 0.29) is 11.5 Å². The zero-order valence-electron chi connectivity index (χ0n) is 18.9. The molecule has 6 nitrogen and oxygen atoms in total. The average Bonchev–Trinajstić information content (AvgIpc) is 2.86. The zero-order chi connectivity index (χ0) is 23.7. The molecule has 1 aliphatic heterocycles. The van der Waals surface area contributed by atoms with Crippen LogP contribution in [0.15, 0.2) is 78.1 Å². The summed E-state index contributed by atoms with van der Waals surface area (Å²) >= 11 is 5.32. The van der Waals surface area contributed by atoms with E-state index in [0.29, 0.717) is 40.9 Å². The monoisotopic (exact) mass is 470 g/mol. The van der Waals surface area contributed by atoms with E-state index >= 15 is 0 Å². The molecule has 1 amide bonds. The number of hydrogen-bond acceptors (Lipinski definition) is 4. The Hall–Kier alpha value is -3.55. The van der Waals surface area contributed by atoms with Crippen LogP contribution < -0.4 is 5.56 Å². The lowest BCUT2D eigenvalue weighted by atomic mass is 10.0. The lowest BCUT2D eigenvalue weighted by Crippen LogP contribution is -2.48. The first-order valence-corrected chi connectivity index (χ1v) is 11.8. The van der Waals surface area contributed by atoms with Crippen LogP contribution in [0.4, 0.5) is 0 Å². The Bertz CT molecular complexity index is 1510. The third kappa shape index (κ3) is 4.20. The highest BCUT2D eigenvalue weighted by molar-refractivity contribution is 7.71. The lowest BCUT2D eigenvalue weighted by Gasteiger charge is -2.35. The highest BCUT2D eigenvalue weighted by Crippen LogP contribution is 2.21. The van der Waals surface area contributed by atoms with E-state index in [2.05, 4.69) is 58.9 Å². The second kappa shape index (κ2) is 9.37. The summed E-state index contributed by atoms with van der Waals surface area (Å²) in [6.07, 6.45) is 1.63. The van der Waals surface area contributed by atoms with Crippen molar-refractivity contribution in [3.8, 4) is 0 Å². The van der Waals surface area contributed by atoms with Crippen molar-refractivity contribution in [1.82, 2.24) is 19.4 Å². The normalized spacial score (nSPS) is 14.5. The van der Waals surface area contributed by atoms with Gasteiger partial charge in [-0.25, -0.2) is 0 Å². The molecular weight excluding hydrogens is 444 g/mol. The molecule has 1 aromatic heterocycles. The molecule has 0 aliphatic carbocycles. The minimum atomic E-state index is -0.181. The van der Waals surface area contributed by atoms with Gasteiger partial charge in [0.1, 0.15) is 0 Å². The topological polar surface area (TPSA) is 61.3 Å². The molecule has 34 heavy (non-hydrogen) atoms. The second-order valence-electron chi connectivity index (χ2n) is 8.60. The first-order chi connectivity index (χ1) is 16.5. The molecule has 0 atom stereocenters. The summed E-state index contributed by atoms with van der Waals surface area (Å²) in [6.45, 7) is 7.85. The van der Waals surface area contributed by atoms with Crippen molar-refractivity contribution in [2.75, 3.05) is 26.2 Å². The number of nitrogens with zero attached hydrogens (tertiary/aromatic N) is 3. The third-order valence-corrected chi connectivity index (χ3v) is 6.80. The molecular formula is C27H26N4O2S. The van der Waals surface area contributed by atoms with Gasteiger partial charge < -0.3 is 9.88 Å². The van der Waals surface area contributed by atoms with Crippen LogP contribution >= 0.6 is 12.2 Å². The molecule has 0 unspecified atom stereocenters. The van der Waals surface area contributed by atoms with E-state index in [4.69, 9.17) is 12.2 Å². The molecule has 0 spiro atoms. The van der Waals surface area contributed by atoms with Gasteiger partial charge in [-0.3, -0.25) is 19.1 Å². The van der Waals surface area contributed by atoms with Gasteiger partial charge in [-0.1, -0.05) is 48.5 Å². The minimum absolute atomic E-state index is 0.0266. The van der Waals surface area contributed by atoms with Crippen LogP contribution in [0.3, 0.4) is 0 Å². The Morgan fingerprint density at radius 1 is 1.00 bits per heavy atom. The number of rotatable bonds is 5. The highest BCUT2D eigenvalue weighted by atomic mass is 32.1. The number of fused-ring (bicyclic) bond motifs is 2. The number of H-pyrrole nitrogens is 1. The Morgan fingerprint density at radius 2 is 1.76 bits per heavy atom. The van der Waals surface area contributed by atoms with Crippen molar-refractivity contribution < 1.29 is 4.79 Å². The van der Waals surface area contributed by atoms with Gasteiger partial charge in [0.2, 0.25) is 0 Å². The molecule has 0 saturated carbocycles. The number of carbonyl (C=O) groups excluding carboxylic acids is 1. The van der Waals surface area contributed by atoms with E-state index in [1.807, 2.05) is 4.90 Å². The number of hydrogen-bond donors (Lipinski definition) is 1. The van der Waals surface area contributed by atoms with E-state index in [9.17, 15) is 9.59 Å². The molecule has 0 radical (unpaired) electrons. The summed E-state index contributed by atoms with van der Waals surface area (Å²) in [6, 6.07) is 20.0. The largest absolute Gasteiger partial charge is 0.336 e.